The zero-order valence-corrected chi connectivity index (χ0v) is 28.4. The Balaban J connectivity index is 1.06. The molecule has 238 valence electrons. The molecule has 0 saturated heterocycles. The fourth-order valence-electron chi connectivity index (χ4n) is 8.24. The first-order chi connectivity index (χ1) is 25.3. The van der Waals surface area contributed by atoms with E-state index < -0.39 is 0 Å². The van der Waals surface area contributed by atoms with Crippen molar-refractivity contribution in [2.45, 2.75) is 0 Å². The summed E-state index contributed by atoms with van der Waals surface area (Å²) in [5.74, 6) is 0. The second kappa shape index (κ2) is 11.0. The number of benzene rings is 8. The Bertz CT molecular complexity index is 3140. The van der Waals surface area contributed by atoms with E-state index in [1.807, 2.05) is 11.3 Å². The lowest BCUT2D eigenvalue weighted by atomic mass is 9.97. The molecule has 0 aliphatic heterocycles. The average molecular weight is 667 g/mol. The maximum atomic E-state index is 2.47. The van der Waals surface area contributed by atoms with Gasteiger partial charge in [-0.05, 0) is 95.1 Å². The molecule has 11 rings (SSSR count). The zero-order chi connectivity index (χ0) is 33.5. The van der Waals surface area contributed by atoms with Crippen LogP contribution in [-0.2, 0) is 0 Å². The standard InChI is InChI=1S/C48H30N2S/c1-2-14-35(15-3-1)49-41-19-7-4-16-36(41)39-29-33(24-26-43(39)49)31-12-10-13-32(28-31)34-25-27-44-40(30-34)37-17-5-8-20-42(37)50(44)45-21-11-23-47-48(45)38-18-6-9-22-46(38)51-47/h1-30H. The maximum absolute atomic E-state index is 2.47. The minimum absolute atomic E-state index is 1.18. The fraction of sp³-hybridized carbons (Fsp3) is 0. The normalized spacial score (nSPS) is 11.9. The molecule has 0 amide bonds. The highest BCUT2D eigenvalue weighted by atomic mass is 32.1. The van der Waals surface area contributed by atoms with Crippen LogP contribution in [0, 0.1) is 0 Å². The molecule has 0 bridgehead atoms. The van der Waals surface area contributed by atoms with Crippen LogP contribution in [0.2, 0.25) is 0 Å². The number of para-hydroxylation sites is 3. The van der Waals surface area contributed by atoms with Crippen LogP contribution >= 0.6 is 11.3 Å². The van der Waals surface area contributed by atoms with Crippen molar-refractivity contribution in [2.75, 3.05) is 0 Å². The van der Waals surface area contributed by atoms with Gasteiger partial charge in [-0.25, -0.2) is 0 Å². The molecule has 51 heavy (non-hydrogen) atoms. The molecule has 0 unspecified atom stereocenters. The van der Waals surface area contributed by atoms with Crippen molar-refractivity contribution in [3.8, 4) is 33.6 Å². The van der Waals surface area contributed by atoms with Crippen LogP contribution in [0.5, 0.6) is 0 Å². The summed E-state index contributed by atoms with van der Waals surface area (Å²) >= 11 is 1.87. The Labute approximate surface area is 298 Å². The number of hydrogen-bond acceptors (Lipinski definition) is 1. The van der Waals surface area contributed by atoms with Crippen molar-refractivity contribution in [3.63, 3.8) is 0 Å². The molecule has 3 heterocycles. The maximum Gasteiger partial charge on any atom is 0.0555 e. The van der Waals surface area contributed by atoms with Crippen molar-refractivity contribution in [3.05, 3.63) is 182 Å². The largest absolute Gasteiger partial charge is 0.309 e. The Morgan fingerprint density at radius 3 is 1.53 bits per heavy atom. The number of aromatic nitrogens is 2. The first-order valence-electron chi connectivity index (χ1n) is 17.4. The lowest BCUT2D eigenvalue weighted by molar-refractivity contribution is 1.18. The van der Waals surface area contributed by atoms with Crippen LogP contribution < -0.4 is 0 Å². The second-order valence-corrected chi connectivity index (χ2v) is 14.4. The van der Waals surface area contributed by atoms with E-state index in [9.17, 15) is 0 Å². The van der Waals surface area contributed by atoms with Gasteiger partial charge < -0.3 is 9.13 Å². The van der Waals surface area contributed by atoms with Crippen molar-refractivity contribution < 1.29 is 0 Å². The van der Waals surface area contributed by atoms with E-state index in [4.69, 9.17) is 0 Å². The van der Waals surface area contributed by atoms with Gasteiger partial charge in [0.25, 0.3) is 0 Å². The molecule has 0 aliphatic rings. The van der Waals surface area contributed by atoms with E-state index in [-0.39, 0.29) is 0 Å². The van der Waals surface area contributed by atoms with Crippen molar-refractivity contribution >= 4 is 75.1 Å². The van der Waals surface area contributed by atoms with Crippen LogP contribution in [0.1, 0.15) is 0 Å². The number of thiophene rings is 1. The van der Waals surface area contributed by atoms with Crippen LogP contribution in [0.25, 0.3) is 97.4 Å². The van der Waals surface area contributed by atoms with E-state index in [1.165, 1.54) is 97.4 Å². The third-order valence-electron chi connectivity index (χ3n) is 10.5. The van der Waals surface area contributed by atoms with Crippen LogP contribution in [0.4, 0.5) is 0 Å². The van der Waals surface area contributed by atoms with Gasteiger partial charge in [0.2, 0.25) is 0 Å². The van der Waals surface area contributed by atoms with Crippen LogP contribution in [-0.4, -0.2) is 9.13 Å². The summed E-state index contributed by atoms with van der Waals surface area (Å²) in [5.41, 5.74) is 12.2. The molecule has 3 aromatic heterocycles. The third-order valence-corrected chi connectivity index (χ3v) is 11.6. The highest BCUT2D eigenvalue weighted by Gasteiger charge is 2.18. The predicted octanol–water partition coefficient (Wildman–Crippen LogP) is 13.6. The topological polar surface area (TPSA) is 9.86 Å². The Hall–Kier alpha value is -6.42. The summed E-state index contributed by atoms with van der Waals surface area (Å²) in [5, 5.41) is 7.70. The Morgan fingerprint density at radius 1 is 0.314 bits per heavy atom. The van der Waals surface area contributed by atoms with Gasteiger partial charge in [-0.3, -0.25) is 0 Å². The first kappa shape index (κ1) is 28.4. The molecular formula is C48H30N2S. The lowest BCUT2D eigenvalue weighted by Crippen LogP contribution is -1.94. The molecule has 0 radical (unpaired) electrons. The van der Waals surface area contributed by atoms with Gasteiger partial charge in [-0.2, -0.15) is 0 Å². The Kier molecular flexibility index (Phi) is 6.16. The van der Waals surface area contributed by atoms with Crippen molar-refractivity contribution in [2.24, 2.45) is 0 Å². The third kappa shape index (κ3) is 4.29. The summed E-state index contributed by atoms with van der Waals surface area (Å²) in [7, 11) is 0. The van der Waals surface area contributed by atoms with Gasteiger partial charge in [-0.1, -0.05) is 109 Å². The van der Waals surface area contributed by atoms with Gasteiger partial charge in [0.15, 0.2) is 0 Å². The SMILES string of the molecule is c1ccc(-n2c3ccccc3c3cc(-c4cccc(-c5ccc6c(c5)c5ccccc5n6-c5cccc6sc7ccccc7c56)c4)ccc32)cc1. The smallest absolute Gasteiger partial charge is 0.0555 e. The number of rotatable bonds is 4. The van der Waals surface area contributed by atoms with Gasteiger partial charge in [0.05, 0.1) is 27.8 Å². The van der Waals surface area contributed by atoms with Gasteiger partial charge in [-0.15, -0.1) is 11.3 Å². The lowest BCUT2D eigenvalue weighted by Gasteiger charge is -2.11. The molecule has 0 fully saturated rings. The highest BCUT2D eigenvalue weighted by molar-refractivity contribution is 7.25. The van der Waals surface area contributed by atoms with E-state index >= 15 is 0 Å². The summed E-state index contributed by atoms with van der Waals surface area (Å²) in [6.45, 7) is 0. The number of nitrogens with zero attached hydrogens (tertiary/aromatic N) is 2. The summed E-state index contributed by atoms with van der Waals surface area (Å²) in [6.07, 6.45) is 0. The zero-order valence-electron chi connectivity index (χ0n) is 27.6. The predicted molar refractivity (Wildman–Crippen MR) is 219 cm³/mol. The van der Waals surface area contributed by atoms with Gasteiger partial charge >= 0.3 is 0 Å². The van der Waals surface area contributed by atoms with Gasteiger partial charge in [0, 0.05) is 47.4 Å². The quantitative estimate of drug-likeness (QED) is 0.177. The van der Waals surface area contributed by atoms with Crippen LogP contribution in [0.3, 0.4) is 0 Å². The summed E-state index contributed by atoms with van der Waals surface area (Å²) < 4.78 is 7.48. The number of hydrogen-bond donors (Lipinski definition) is 0. The van der Waals surface area contributed by atoms with Crippen molar-refractivity contribution in [1.82, 2.24) is 9.13 Å². The number of fused-ring (bicyclic) bond motifs is 9. The second-order valence-electron chi connectivity index (χ2n) is 13.3. The molecule has 2 nitrogen and oxygen atoms in total. The minimum atomic E-state index is 1.18. The van der Waals surface area contributed by atoms with Crippen LogP contribution in [0.15, 0.2) is 182 Å². The molecule has 0 N–H and O–H groups in total. The monoisotopic (exact) mass is 666 g/mol. The van der Waals surface area contributed by atoms with Gasteiger partial charge in [0.1, 0.15) is 0 Å². The van der Waals surface area contributed by atoms with Crippen molar-refractivity contribution in [1.29, 1.82) is 0 Å². The molecule has 0 atom stereocenters. The molecule has 8 aromatic carbocycles. The first-order valence-corrected chi connectivity index (χ1v) is 18.3. The molecule has 0 spiro atoms. The van der Waals surface area contributed by atoms with E-state index in [0.717, 1.165) is 0 Å². The molecule has 0 saturated carbocycles. The van der Waals surface area contributed by atoms with E-state index in [2.05, 4.69) is 191 Å². The van der Waals surface area contributed by atoms with E-state index in [1.54, 1.807) is 0 Å². The molecule has 3 heteroatoms. The highest BCUT2D eigenvalue weighted by Crippen LogP contribution is 2.42. The minimum Gasteiger partial charge on any atom is -0.309 e. The molecular weight excluding hydrogens is 637 g/mol. The Morgan fingerprint density at radius 2 is 0.824 bits per heavy atom. The fourth-order valence-corrected chi connectivity index (χ4v) is 9.37. The summed E-state index contributed by atoms with van der Waals surface area (Å²) in [4.78, 5) is 0. The van der Waals surface area contributed by atoms with E-state index in [0.29, 0.717) is 0 Å². The molecule has 11 aromatic rings. The summed E-state index contributed by atoms with van der Waals surface area (Å²) in [6, 6.07) is 66.6. The average Bonchev–Trinajstić information content (AvgIpc) is 3.85. The molecule has 0 aliphatic carbocycles.